The fourth-order valence-electron chi connectivity index (χ4n) is 3.54. The lowest BCUT2D eigenvalue weighted by atomic mass is 9.99. The molecule has 4 aromatic heterocycles. The molecule has 0 fully saturated rings. The summed E-state index contributed by atoms with van der Waals surface area (Å²) in [5, 5.41) is 7.66. The average molecular weight is 520 g/mol. The average Bonchev–Trinajstić information content (AvgIpc) is 3.27. The minimum absolute atomic E-state index is 0.259. The molecule has 36 heavy (non-hydrogen) atoms. The number of aryl methyl sites for hydroxylation is 2. The molecule has 0 aliphatic carbocycles. The van der Waals surface area contributed by atoms with Crippen LogP contribution >= 0.6 is 22.9 Å². The molecule has 0 radical (unpaired) electrons. The van der Waals surface area contributed by atoms with Gasteiger partial charge in [-0.05, 0) is 31.2 Å². The summed E-state index contributed by atoms with van der Waals surface area (Å²) >= 11 is 7.39. The van der Waals surface area contributed by atoms with Gasteiger partial charge in [0.1, 0.15) is 5.75 Å². The highest BCUT2D eigenvalue weighted by Crippen LogP contribution is 2.35. The number of carbonyl (C=O) groups excluding carboxylic acids is 1. The van der Waals surface area contributed by atoms with Gasteiger partial charge >= 0.3 is 0 Å². The first kappa shape index (κ1) is 23.5. The molecule has 4 heterocycles. The van der Waals surface area contributed by atoms with Gasteiger partial charge in [-0.15, -0.1) is 0 Å². The third-order valence-corrected chi connectivity index (χ3v) is 6.43. The molecule has 12 heteroatoms. The van der Waals surface area contributed by atoms with Crippen molar-refractivity contribution in [1.29, 1.82) is 0 Å². The highest BCUT2D eigenvalue weighted by atomic mass is 35.5. The number of anilines is 1. The first-order valence-corrected chi connectivity index (χ1v) is 11.8. The van der Waals surface area contributed by atoms with Crippen molar-refractivity contribution in [3.05, 3.63) is 75.6 Å². The molecule has 0 unspecified atom stereocenters. The Hall–Kier alpha value is -4.22. The number of benzene rings is 1. The Morgan fingerprint density at radius 2 is 1.92 bits per heavy atom. The Morgan fingerprint density at radius 1 is 1.08 bits per heavy atom. The van der Waals surface area contributed by atoms with Crippen LogP contribution in [0.5, 0.6) is 5.75 Å². The molecule has 10 nitrogen and oxygen atoms in total. The van der Waals surface area contributed by atoms with E-state index >= 15 is 0 Å². The number of pyridine rings is 1. The van der Waals surface area contributed by atoms with Crippen LogP contribution in [0, 0.1) is 6.92 Å². The molecule has 0 atom stereocenters. The number of nitrogens with zero attached hydrogens (tertiary/aromatic N) is 6. The van der Waals surface area contributed by atoms with Crippen molar-refractivity contribution in [2.24, 2.45) is 7.05 Å². The van der Waals surface area contributed by atoms with Crippen LogP contribution < -0.4 is 15.6 Å². The molecule has 1 amide bonds. The van der Waals surface area contributed by atoms with Gasteiger partial charge in [-0.25, -0.2) is 14.6 Å². The second-order valence-electron chi connectivity index (χ2n) is 7.78. The highest BCUT2D eigenvalue weighted by molar-refractivity contribution is 7.21. The number of methoxy groups -OCH3 is 1. The first-order valence-electron chi connectivity index (χ1n) is 10.6. The maximum Gasteiger partial charge on any atom is 0.267 e. The zero-order valence-electron chi connectivity index (χ0n) is 19.3. The predicted octanol–water partition coefficient (Wildman–Crippen LogP) is 4.13. The standard InChI is InChI=1S/C24H18ClN7O3S/c1-12-6-15(16-8-14(25)4-5-19(16)35-3)17(10-26-12)22(34)31-24-30-21-23(36-24)29-18(11-27-21)13-7-20(33)32(2)28-9-13/h4-11H,1-3H3,(H,27,30,31,34). The summed E-state index contributed by atoms with van der Waals surface area (Å²) in [7, 11) is 3.12. The maximum absolute atomic E-state index is 13.3. The van der Waals surface area contributed by atoms with Crippen molar-refractivity contribution >= 4 is 44.5 Å². The smallest absolute Gasteiger partial charge is 0.267 e. The number of ether oxygens (including phenoxy) is 1. The summed E-state index contributed by atoms with van der Waals surface area (Å²) < 4.78 is 6.71. The van der Waals surface area contributed by atoms with Gasteiger partial charge in [0, 0.05) is 46.7 Å². The fraction of sp³-hybridized carbons (Fsp3) is 0.125. The van der Waals surface area contributed by atoms with E-state index in [2.05, 4.69) is 30.4 Å². The number of rotatable bonds is 5. The number of thiazole rings is 1. The molecule has 0 aliphatic heterocycles. The molecular formula is C24H18ClN7O3S. The van der Waals surface area contributed by atoms with Crippen molar-refractivity contribution in [3.63, 3.8) is 0 Å². The van der Waals surface area contributed by atoms with E-state index < -0.39 is 5.91 Å². The lowest BCUT2D eigenvalue weighted by Gasteiger charge is -2.13. The predicted molar refractivity (Wildman–Crippen MR) is 138 cm³/mol. The van der Waals surface area contributed by atoms with Crippen LogP contribution in [0.1, 0.15) is 16.1 Å². The zero-order valence-corrected chi connectivity index (χ0v) is 20.9. The van der Waals surface area contributed by atoms with Gasteiger partial charge in [0.25, 0.3) is 11.5 Å². The maximum atomic E-state index is 13.3. The van der Waals surface area contributed by atoms with Crippen LogP contribution in [0.4, 0.5) is 5.13 Å². The number of amides is 1. The van der Waals surface area contributed by atoms with E-state index in [1.54, 1.807) is 38.4 Å². The minimum atomic E-state index is -0.408. The molecule has 1 aromatic carbocycles. The summed E-state index contributed by atoms with van der Waals surface area (Å²) in [5.41, 5.74) is 3.48. The monoisotopic (exact) mass is 519 g/mol. The second kappa shape index (κ2) is 9.44. The molecule has 0 bridgehead atoms. The molecule has 5 aromatic rings. The Morgan fingerprint density at radius 3 is 2.69 bits per heavy atom. The third kappa shape index (κ3) is 4.53. The van der Waals surface area contributed by atoms with Crippen LogP contribution in [-0.2, 0) is 7.05 Å². The largest absolute Gasteiger partial charge is 0.496 e. The molecule has 0 spiro atoms. The van der Waals surface area contributed by atoms with Crippen LogP contribution in [-0.4, -0.2) is 42.7 Å². The van der Waals surface area contributed by atoms with Crippen molar-refractivity contribution in [2.45, 2.75) is 6.92 Å². The number of fused-ring (bicyclic) bond motifs is 1. The van der Waals surface area contributed by atoms with E-state index in [0.29, 0.717) is 54.3 Å². The molecule has 0 saturated heterocycles. The van der Waals surface area contributed by atoms with E-state index in [9.17, 15) is 9.59 Å². The Bertz CT molecular complexity index is 1700. The van der Waals surface area contributed by atoms with E-state index in [4.69, 9.17) is 16.3 Å². The quantitative estimate of drug-likeness (QED) is 0.367. The third-order valence-electron chi connectivity index (χ3n) is 5.34. The molecule has 180 valence electrons. The molecular weight excluding hydrogens is 502 g/mol. The van der Waals surface area contributed by atoms with Crippen LogP contribution in [0.2, 0.25) is 5.02 Å². The van der Waals surface area contributed by atoms with Crippen molar-refractivity contribution in [2.75, 3.05) is 12.4 Å². The Labute approximate surface area is 213 Å². The molecule has 1 N–H and O–H groups in total. The van der Waals surface area contributed by atoms with Gasteiger partial charge < -0.3 is 4.74 Å². The van der Waals surface area contributed by atoms with E-state index in [-0.39, 0.29) is 5.56 Å². The normalized spacial score (nSPS) is 11.0. The van der Waals surface area contributed by atoms with Crippen molar-refractivity contribution in [1.82, 2.24) is 29.7 Å². The Kier molecular flexibility index (Phi) is 6.17. The van der Waals surface area contributed by atoms with E-state index in [1.807, 2.05) is 6.92 Å². The number of nitrogens with one attached hydrogen (secondary N) is 1. The van der Waals surface area contributed by atoms with Crippen LogP contribution in [0.15, 0.2) is 53.7 Å². The first-order chi connectivity index (χ1) is 17.3. The number of halogens is 1. The van der Waals surface area contributed by atoms with Gasteiger partial charge in [0.05, 0.1) is 30.8 Å². The summed E-state index contributed by atoms with van der Waals surface area (Å²) in [6, 6.07) is 8.44. The van der Waals surface area contributed by atoms with E-state index in [1.165, 1.54) is 29.3 Å². The van der Waals surface area contributed by atoms with Gasteiger partial charge in [-0.3, -0.25) is 19.9 Å². The van der Waals surface area contributed by atoms with Crippen molar-refractivity contribution < 1.29 is 9.53 Å². The minimum Gasteiger partial charge on any atom is -0.496 e. The number of carbonyl (C=O) groups is 1. The Balaban J connectivity index is 1.48. The van der Waals surface area contributed by atoms with Gasteiger partial charge in [-0.1, -0.05) is 22.9 Å². The SMILES string of the molecule is COc1ccc(Cl)cc1-c1cc(C)ncc1C(=O)Nc1nc2ncc(-c3cnn(C)c(=O)c3)nc2s1. The van der Waals surface area contributed by atoms with E-state index in [0.717, 1.165) is 17.0 Å². The van der Waals surface area contributed by atoms with Crippen LogP contribution in [0.25, 0.3) is 32.9 Å². The number of aromatic nitrogens is 6. The summed E-state index contributed by atoms with van der Waals surface area (Å²) in [6.45, 7) is 1.84. The lowest BCUT2D eigenvalue weighted by Crippen LogP contribution is -2.18. The molecule has 0 aliphatic rings. The zero-order chi connectivity index (χ0) is 25.4. The van der Waals surface area contributed by atoms with Gasteiger partial charge in [0.15, 0.2) is 15.6 Å². The van der Waals surface area contributed by atoms with Crippen molar-refractivity contribution in [3.8, 4) is 28.1 Å². The summed E-state index contributed by atoms with van der Waals surface area (Å²) in [6.07, 6.45) is 4.56. The second-order valence-corrected chi connectivity index (χ2v) is 9.19. The fourth-order valence-corrected chi connectivity index (χ4v) is 4.51. The van der Waals surface area contributed by atoms with Gasteiger partial charge in [0.2, 0.25) is 0 Å². The summed E-state index contributed by atoms with van der Waals surface area (Å²) in [4.78, 5) is 43.3. The number of hydrogen-bond acceptors (Lipinski definition) is 9. The highest BCUT2D eigenvalue weighted by Gasteiger charge is 2.19. The lowest BCUT2D eigenvalue weighted by molar-refractivity contribution is 0.102. The number of hydrogen-bond donors (Lipinski definition) is 1. The molecule has 0 saturated carbocycles. The topological polar surface area (TPSA) is 125 Å². The summed E-state index contributed by atoms with van der Waals surface area (Å²) in [5.74, 6) is 0.166. The van der Waals surface area contributed by atoms with Gasteiger partial charge in [-0.2, -0.15) is 10.1 Å². The molecule has 5 rings (SSSR count). The van der Waals surface area contributed by atoms with Crippen LogP contribution in [0.3, 0.4) is 0 Å².